The third-order valence-corrected chi connectivity index (χ3v) is 2.54. The van der Waals surface area contributed by atoms with Crippen molar-refractivity contribution in [2.45, 2.75) is 20.3 Å². The second-order valence-corrected chi connectivity index (χ2v) is 4.87. The highest BCUT2D eigenvalue weighted by molar-refractivity contribution is 6.29. The number of aromatic nitrogens is 2. The van der Waals surface area contributed by atoms with Crippen LogP contribution in [0.2, 0.25) is 5.15 Å². The lowest BCUT2D eigenvalue weighted by Crippen LogP contribution is -2.24. The molecule has 0 aliphatic carbocycles. The van der Waals surface area contributed by atoms with Gasteiger partial charge in [0.05, 0.1) is 5.92 Å². The minimum atomic E-state index is -0.829. The Labute approximate surface area is 111 Å². The fraction of sp³-hybridized carbons (Fsp3) is 0.545. The average molecular weight is 273 g/mol. The summed E-state index contributed by atoms with van der Waals surface area (Å²) in [6.07, 6.45) is 0.594. The van der Waals surface area contributed by atoms with E-state index in [-0.39, 0.29) is 17.6 Å². The summed E-state index contributed by atoms with van der Waals surface area (Å²) < 4.78 is 0. The van der Waals surface area contributed by atoms with E-state index in [1.54, 1.807) is 0 Å². The minimum Gasteiger partial charge on any atom is -0.481 e. The van der Waals surface area contributed by atoms with Crippen LogP contribution >= 0.6 is 11.6 Å². The van der Waals surface area contributed by atoms with E-state index in [0.717, 1.165) is 0 Å². The van der Waals surface area contributed by atoms with Gasteiger partial charge in [-0.1, -0.05) is 25.4 Å². The second-order valence-electron chi connectivity index (χ2n) is 4.48. The Bertz CT molecular complexity index is 405. The standard InChI is InChI=1S/C11H17ClN4O2/c1-6(2)3-7(10(17)18)5-14-9-4-8(12)15-11(13)16-9/h4,6-7H,3,5H2,1-2H3,(H,17,18)(H3,13,14,15,16). The molecule has 1 aromatic rings. The number of hydrogen-bond donors (Lipinski definition) is 3. The predicted octanol–water partition coefficient (Wildman–Crippen LogP) is 1.87. The van der Waals surface area contributed by atoms with Gasteiger partial charge in [0.15, 0.2) is 0 Å². The van der Waals surface area contributed by atoms with Gasteiger partial charge >= 0.3 is 5.97 Å². The van der Waals surface area contributed by atoms with E-state index in [0.29, 0.717) is 18.2 Å². The number of nitrogens with zero attached hydrogens (tertiary/aromatic N) is 2. The molecule has 0 aromatic carbocycles. The number of nitrogens with one attached hydrogen (secondary N) is 1. The summed E-state index contributed by atoms with van der Waals surface area (Å²) in [6.45, 7) is 4.24. The highest BCUT2D eigenvalue weighted by Gasteiger charge is 2.18. The topological polar surface area (TPSA) is 101 Å². The van der Waals surface area contributed by atoms with E-state index in [2.05, 4.69) is 15.3 Å². The van der Waals surface area contributed by atoms with Crippen LogP contribution in [0.5, 0.6) is 0 Å². The highest BCUT2D eigenvalue weighted by Crippen LogP contribution is 2.16. The van der Waals surface area contributed by atoms with Gasteiger partial charge in [0.1, 0.15) is 11.0 Å². The Morgan fingerprint density at radius 1 is 1.56 bits per heavy atom. The second kappa shape index (κ2) is 6.39. The Kier molecular flexibility index (Phi) is 5.15. The maximum absolute atomic E-state index is 11.1. The molecule has 1 unspecified atom stereocenters. The van der Waals surface area contributed by atoms with E-state index in [1.807, 2.05) is 13.8 Å². The monoisotopic (exact) mass is 272 g/mol. The van der Waals surface area contributed by atoms with Crippen LogP contribution in [0, 0.1) is 11.8 Å². The maximum Gasteiger partial charge on any atom is 0.308 e. The Hall–Kier alpha value is -1.56. The van der Waals surface area contributed by atoms with Crippen molar-refractivity contribution in [3.63, 3.8) is 0 Å². The molecule has 1 rings (SSSR count). The van der Waals surface area contributed by atoms with Crippen LogP contribution in [0.3, 0.4) is 0 Å². The lowest BCUT2D eigenvalue weighted by atomic mass is 9.97. The van der Waals surface area contributed by atoms with Gasteiger partial charge in [-0.05, 0) is 12.3 Å². The third-order valence-electron chi connectivity index (χ3n) is 2.35. The molecule has 4 N–H and O–H groups in total. The van der Waals surface area contributed by atoms with Crippen LogP contribution in [0.4, 0.5) is 11.8 Å². The number of carboxylic acids is 1. The molecule has 1 atom stereocenters. The molecular formula is C11H17ClN4O2. The van der Waals surface area contributed by atoms with E-state index >= 15 is 0 Å². The molecule has 0 amide bonds. The first-order valence-electron chi connectivity index (χ1n) is 5.65. The van der Waals surface area contributed by atoms with Crippen LogP contribution in [-0.2, 0) is 4.79 Å². The number of halogens is 1. The van der Waals surface area contributed by atoms with Crippen molar-refractivity contribution in [1.29, 1.82) is 0 Å². The molecular weight excluding hydrogens is 256 g/mol. The van der Waals surface area contributed by atoms with Crippen molar-refractivity contribution in [3.8, 4) is 0 Å². The Morgan fingerprint density at radius 3 is 2.72 bits per heavy atom. The van der Waals surface area contributed by atoms with Crippen LogP contribution < -0.4 is 11.1 Å². The zero-order chi connectivity index (χ0) is 13.7. The van der Waals surface area contributed by atoms with Gasteiger partial charge in [0, 0.05) is 12.6 Å². The molecule has 1 heterocycles. The van der Waals surface area contributed by atoms with Gasteiger partial charge in [-0.25, -0.2) is 4.98 Å². The SMILES string of the molecule is CC(C)CC(CNc1cc(Cl)nc(N)n1)C(=O)O. The molecule has 0 aliphatic heterocycles. The first-order chi connectivity index (χ1) is 8.38. The number of carbonyl (C=O) groups is 1. The van der Waals surface area contributed by atoms with Gasteiger partial charge in [-0.15, -0.1) is 0 Å². The van der Waals surface area contributed by atoms with E-state index in [1.165, 1.54) is 6.07 Å². The van der Waals surface area contributed by atoms with Crippen molar-refractivity contribution in [2.75, 3.05) is 17.6 Å². The number of nitrogens with two attached hydrogens (primary N) is 1. The van der Waals surface area contributed by atoms with Crippen LogP contribution in [0.1, 0.15) is 20.3 Å². The molecule has 0 bridgehead atoms. The lowest BCUT2D eigenvalue weighted by molar-refractivity contribution is -0.141. The summed E-state index contributed by atoms with van der Waals surface area (Å²) in [7, 11) is 0. The molecule has 18 heavy (non-hydrogen) atoms. The molecule has 0 radical (unpaired) electrons. The van der Waals surface area contributed by atoms with Crippen LogP contribution in [0.25, 0.3) is 0 Å². The van der Waals surface area contributed by atoms with Gasteiger partial charge in [-0.3, -0.25) is 4.79 Å². The number of nitrogen functional groups attached to an aromatic ring is 1. The fourth-order valence-corrected chi connectivity index (χ4v) is 1.78. The van der Waals surface area contributed by atoms with Gasteiger partial charge in [0.2, 0.25) is 5.95 Å². The quantitative estimate of drug-likeness (QED) is 0.684. The predicted molar refractivity (Wildman–Crippen MR) is 70.5 cm³/mol. The van der Waals surface area contributed by atoms with E-state index in [9.17, 15) is 4.79 Å². The normalized spacial score (nSPS) is 12.4. The molecule has 0 saturated heterocycles. The zero-order valence-electron chi connectivity index (χ0n) is 10.4. The first kappa shape index (κ1) is 14.5. The Balaban J connectivity index is 2.63. The summed E-state index contributed by atoms with van der Waals surface area (Å²) in [5.74, 6) is -0.500. The van der Waals surface area contributed by atoms with Crippen molar-refractivity contribution in [1.82, 2.24) is 9.97 Å². The van der Waals surface area contributed by atoms with Crippen molar-refractivity contribution in [2.24, 2.45) is 11.8 Å². The van der Waals surface area contributed by atoms with Gasteiger partial charge in [-0.2, -0.15) is 4.98 Å². The first-order valence-corrected chi connectivity index (χ1v) is 6.03. The molecule has 7 heteroatoms. The molecule has 0 spiro atoms. The minimum absolute atomic E-state index is 0.0562. The van der Waals surface area contributed by atoms with Gasteiger partial charge < -0.3 is 16.2 Å². The van der Waals surface area contributed by atoms with Crippen molar-refractivity contribution in [3.05, 3.63) is 11.2 Å². The highest BCUT2D eigenvalue weighted by atomic mass is 35.5. The molecule has 0 saturated carbocycles. The largest absolute Gasteiger partial charge is 0.481 e. The smallest absolute Gasteiger partial charge is 0.308 e. The molecule has 0 aliphatic rings. The van der Waals surface area contributed by atoms with Crippen LogP contribution in [0.15, 0.2) is 6.07 Å². The summed E-state index contributed by atoms with van der Waals surface area (Å²) in [5.41, 5.74) is 5.44. The number of hydrogen-bond acceptors (Lipinski definition) is 5. The van der Waals surface area contributed by atoms with E-state index < -0.39 is 11.9 Å². The van der Waals surface area contributed by atoms with E-state index in [4.69, 9.17) is 22.4 Å². The molecule has 6 nitrogen and oxygen atoms in total. The lowest BCUT2D eigenvalue weighted by Gasteiger charge is -2.15. The number of carboxylic acid groups (broad SMARTS) is 1. The summed E-state index contributed by atoms with van der Waals surface area (Å²) in [5, 5.41) is 12.2. The maximum atomic E-state index is 11.1. The molecule has 1 aromatic heterocycles. The summed E-state index contributed by atoms with van der Waals surface area (Å²) >= 11 is 5.72. The molecule has 100 valence electrons. The van der Waals surface area contributed by atoms with Crippen molar-refractivity contribution < 1.29 is 9.90 Å². The third kappa shape index (κ3) is 4.75. The molecule has 0 fully saturated rings. The fourth-order valence-electron chi connectivity index (χ4n) is 1.59. The number of rotatable bonds is 6. The Morgan fingerprint density at radius 2 is 2.22 bits per heavy atom. The number of anilines is 2. The van der Waals surface area contributed by atoms with Gasteiger partial charge in [0.25, 0.3) is 0 Å². The van der Waals surface area contributed by atoms with Crippen LogP contribution in [-0.4, -0.2) is 27.6 Å². The number of aliphatic carboxylic acids is 1. The summed E-state index contributed by atoms with van der Waals surface area (Å²) in [6, 6.07) is 1.51. The average Bonchev–Trinajstić information content (AvgIpc) is 2.21. The zero-order valence-corrected chi connectivity index (χ0v) is 11.1. The summed E-state index contributed by atoms with van der Waals surface area (Å²) in [4.78, 5) is 18.7. The van der Waals surface area contributed by atoms with Crippen molar-refractivity contribution >= 4 is 29.3 Å².